The Morgan fingerprint density at radius 1 is 1.28 bits per heavy atom. The Balaban J connectivity index is 2.23. The lowest BCUT2D eigenvalue weighted by molar-refractivity contribution is -0.156. The fraction of sp³-hybridized carbons (Fsp3) is 0.500. The summed E-state index contributed by atoms with van der Waals surface area (Å²) >= 11 is 3.45. The van der Waals surface area contributed by atoms with Crippen molar-refractivity contribution in [1.82, 2.24) is 0 Å². The van der Waals surface area contributed by atoms with Crippen molar-refractivity contribution in [1.29, 1.82) is 0 Å². The van der Waals surface area contributed by atoms with Gasteiger partial charge >= 0.3 is 5.97 Å². The lowest BCUT2D eigenvalue weighted by atomic mass is 10.2. The van der Waals surface area contributed by atoms with Crippen molar-refractivity contribution >= 4 is 21.9 Å². The van der Waals surface area contributed by atoms with Gasteiger partial charge in [-0.15, -0.1) is 0 Å². The van der Waals surface area contributed by atoms with Crippen molar-refractivity contribution in [2.45, 2.75) is 39.4 Å². The highest BCUT2D eigenvalue weighted by Crippen LogP contribution is 2.16. The monoisotopic (exact) mass is 314 g/mol. The van der Waals surface area contributed by atoms with Crippen molar-refractivity contribution in [3.8, 4) is 0 Å². The molecule has 0 N–H and O–H groups in total. The van der Waals surface area contributed by atoms with Crippen LogP contribution in [0.1, 0.15) is 32.8 Å². The molecule has 0 amide bonds. The van der Waals surface area contributed by atoms with Crippen molar-refractivity contribution in [3.63, 3.8) is 0 Å². The number of benzene rings is 1. The van der Waals surface area contributed by atoms with E-state index in [9.17, 15) is 4.79 Å². The van der Waals surface area contributed by atoms with Gasteiger partial charge in [0.15, 0.2) is 0 Å². The van der Waals surface area contributed by atoms with Gasteiger partial charge in [0.1, 0.15) is 5.60 Å². The van der Waals surface area contributed by atoms with Gasteiger partial charge < -0.3 is 9.47 Å². The first-order valence-electron chi connectivity index (χ1n) is 5.91. The Morgan fingerprint density at radius 3 is 2.56 bits per heavy atom. The molecule has 0 saturated carbocycles. The molecule has 0 aromatic heterocycles. The van der Waals surface area contributed by atoms with Gasteiger partial charge in [-0.05, 0) is 32.4 Å². The molecule has 0 radical (unpaired) electrons. The average molecular weight is 315 g/mol. The second-order valence-electron chi connectivity index (χ2n) is 4.98. The highest BCUT2D eigenvalue weighted by atomic mass is 79.9. The number of esters is 1. The molecule has 0 unspecified atom stereocenters. The molecule has 4 heteroatoms. The second kappa shape index (κ2) is 6.90. The van der Waals surface area contributed by atoms with Crippen molar-refractivity contribution in [3.05, 3.63) is 34.3 Å². The number of hydrogen-bond acceptors (Lipinski definition) is 3. The summed E-state index contributed by atoms with van der Waals surface area (Å²) in [4.78, 5) is 11.4. The summed E-state index contributed by atoms with van der Waals surface area (Å²) in [5.74, 6) is -0.227. The molecule has 0 aliphatic heterocycles. The Hall–Kier alpha value is -0.870. The highest BCUT2D eigenvalue weighted by Gasteiger charge is 2.15. The van der Waals surface area contributed by atoms with Crippen LogP contribution >= 0.6 is 15.9 Å². The molecule has 0 atom stereocenters. The van der Waals surface area contributed by atoms with Crippen LogP contribution in [0.4, 0.5) is 0 Å². The van der Waals surface area contributed by atoms with Crippen LogP contribution < -0.4 is 0 Å². The van der Waals surface area contributed by atoms with Crippen molar-refractivity contribution in [2.24, 2.45) is 0 Å². The minimum atomic E-state index is -0.431. The number of carbonyl (C=O) groups is 1. The van der Waals surface area contributed by atoms with Crippen LogP contribution in [-0.4, -0.2) is 18.2 Å². The van der Waals surface area contributed by atoms with E-state index in [0.29, 0.717) is 13.2 Å². The zero-order chi connectivity index (χ0) is 13.6. The maximum atomic E-state index is 11.4. The maximum Gasteiger partial charge on any atom is 0.308 e. The van der Waals surface area contributed by atoms with E-state index in [2.05, 4.69) is 15.9 Å². The van der Waals surface area contributed by atoms with Crippen LogP contribution in [0, 0.1) is 0 Å². The summed E-state index contributed by atoms with van der Waals surface area (Å²) in [5.41, 5.74) is 0.640. The zero-order valence-electron chi connectivity index (χ0n) is 11.0. The number of rotatable bonds is 5. The molecule has 0 bridgehead atoms. The molecule has 18 heavy (non-hydrogen) atoms. The average Bonchev–Trinajstić information content (AvgIpc) is 2.24. The lowest BCUT2D eigenvalue weighted by Gasteiger charge is -2.19. The number of halogens is 1. The van der Waals surface area contributed by atoms with Gasteiger partial charge in [0.2, 0.25) is 0 Å². The predicted octanol–water partition coefficient (Wildman–Crippen LogP) is 3.70. The molecule has 0 heterocycles. The van der Waals surface area contributed by atoms with E-state index in [0.717, 1.165) is 10.0 Å². The Kier molecular flexibility index (Phi) is 5.82. The quantitative estimate of drug-likeness (QED) is 0.614. The van der Waals surface area contributed by atoms with Crippen LogP contribution in [0.5, 0.6) is 0 Å². The Bertz CT molecular complexity index is 396. The Morgan fingerprint density at radius 2 is 1.94 bits per heavy atom. The molecule has 100 valence electrons. The summed E-state index contributed by atoms with van der Waals surface area (Å²) in [5, 5.41) is 0. The van der Waals surface area contributed by atoms with Crippen LogP contribution in [0.2, 0.25) is 0 Å². The molecular weight excluding hydrogens is 296 g/mol. The maximum absolute atomic E-state index is 11.4. The third-order valence-electron chi connectivity index (χ3n) is 2.09. The smallest absolute Gasteiger partial charge is 0.308 e. The first-order valence-corrected chi connectivity index (χ1v) is 6.71. The summed E-state index contributed by atoms with van der Waals surface area (Å²) in [6, 6.07) is 7.86. The van der Waals surface area contributed by atoms with Gasteiger partial charge in [-0.3, -0.25) is 4.79 Å². The second-order valence-corrected chi connectivity index (χ2v) is 5.83. The molecule has 0 saturated heterocycles. The van der Waals surface area contributed by atoms with E-state index in [-0.39, 0.29) is 12.4 Å². The van der Waals surface area contributed by atoms with Gasteiger partial charge in [0, 0.05) is 4.47 Å². The number of carbonyl (C=O) groups excluding carboxylic acids is 1. The van der Waals surface area contributed by atoms with Crippen LogP contribution in [0.3, 0.4) is 0 Å². The molecule has 0 aliphatic rings. The predicted molar refractivity (Wildman–Crippen MR) is 74.3 cm³/mol. The van der Waals surface area contributed by atoms with Crippen LogP contribution in [0.15, 0.2) is 28.7 Å². The van der Waals surface area contributed by atoms with E-state index in [4.69, 9.17) is 9.47 Å². The highest BCUT2D eigenvalue weighted by molar-refractivity contribution is 9.10. The first kappa shape index (κ1) is 15.2. The Labute approximate surface area is 117 Å². The van der Waals surface area contributed by atoms with Gasteiger partial charge in [0.05, 0.1) is 19.6 Å². The molecule has 1 aromatic carbocycles. The fourth-order valence-electron chi connectivity index (χ4n) is 1.35. The molecular formula is C14H19BrO3. The van der Waals surface area contributed by atoms with Gasteiger partial charge in [-0.1, -0.05) is 34.1 Å². The molecule has 0 fully saturated rings. The van der Waals surface area contributed by atoms with E-state index in [1.165, 1.54) is 0 Å². The van der Waals surface area contributed by atoms with Crippen LogP contribution in [0.25, 0.3) is 0 Å². The molecule has 0 spiro atoms. The van der Waals surface area contributed by atoms with Gasteiger partial charge in [0.25, 0.3) is 0 Å². The summed E-state index contributed by atoms with van der Waals surface area (Å²) < 4.78 is 11.7. The minimum Gasteiger partial charge on any atom is -0.460 e. The van der Waals surface area contributed by atoms with E-state index in [1.54, 1.807) is 0 Å². The molecule has 3 nitrogen and oxygen atoms in total. The van der Waals surface area contributed by atoms with Gasteiger partial charge in [-0.2, -0.15) is 0 Å². The third-order valence-corrected chi connectivity index (χ3v) is 2.86. The van der Waals surface area contributed by atoms with E-state index >= 15 is 0 Å². The van der Waals surface area contributed by atoms with Gasteiger partial charge in [-0.25, -0.2) is 0 Å². The molecule has 0 aliphatic carbocycles. The molecule has 1 aromatic rings. The summed E-state index contributed by atoms with van der Waals surface area (Å²) in [6.07, 6.45) is 0.279. The van der Waals surface area contributed by atoms with E-state index in [1.807, 2.05) is 45.0 Å². The fourth-order valence-corrected chi connectivity index (χ4v) is 1.74. The zero-order valence-corrected chi connectivity index (χ0v) is 12.6. The standard InChI is InChI=1S/C14H19BrO3/c1-14(2,3)18-13(16)8-9-17-10-11-6-4-5-7-12(11)15/h4-7H,8-10H2,1-3H3. The normalized spacial score (nSPS) is 11.3. The largest absolute Gasteiger partial charge is 0.460 e. The topological polar surface area (TPSA) is 35.5 Å². The lowest BCUT2D eigenvalue weighted by Crippen LogP contribution is -2.24. The molecule has 1 rings (SSSR count). The van der Waals surface area contributed by atoms with Crippen molar-refractivity contribution < 1.29 is 14.3 Å². The summed E-state index contributed by atoms with van der Waals surface area (Å²) in [7, 11) is 0. The summed E-state index contributed by atoms with van der Waals surface area (Å²) in [6.45, 7) is 6.42. The van der Waals surface area contributed by atoms with E-state index < -0.39 is 5.60 Å². The third kappa shape index (κ3) is 6.17. The SMILES string of the molecule is CC(C)(C)OC(=O)CCOCc1ccccc1Br. The number of ether oxygens (including phenoxy) is 2. The first-order chi connectivity index (χ1) is 8.38. The minimum absolute atomic E-state index is 0.227. The number of hydrogen-bond donors (Lipinski definition) is 0. The van der Waals surface area contributed by atoms with Crippen molar-refractivity contribution in [2.75, 3.05) is 6.61 Å². The van der Waals surface area contributed by atoms with Crippen LogP contribution in [-0.2, 0) is 20.9 Å².